The number of fused-ring (bicyclic) bond motifs is 4. The molecule has 3 saturated heterocycles. The molecule has 5 saturated carbocycles. The Morgan fingerprint density at radius 2 is 1.74 bits per heavy atom. The molecule has 47 heavy (non-hydrogen) atoms. The van der Waals surface area contributed by atoms with E-state index in [-0.39, 0.29) is 40.8 Å². The summed E-state index contributed by atoms with van der Waals surface area (Å²) >= 11 is 0. The number of aliphatic hydroxyl groups is 2. The summed E-state index contributed by atoms with van der Waals surface area (Å²) in [6, 6.07) is 0.634. The van der Waals surface area contributed by atoms with Gasteiger partial charge in [0.05, 0.1) is 36.6 Å². The van der Waals surface area contributed by atoms with E-state index in [0.717, 1.165) is 45.6 Å². The van der Waals surface area contributed by atoms with Crippen molar-refractivity contribution in [2.45, 2.75) is 155 Å². The smallest absolute Gasteiger partial charge is 0.170 e. The molecule has 0 aromatic rings. The Hall–Kier alpha value is -0.320. The van der Waals surface area contributed by atoms with Crippen LogP contribution in [-0.4, -0.2) is 103 Å². The molecule has 0 amide bonds. The molecule has 2 spiro atoms. The molecular formula is C39H66N2O6. The summed E-state index contributed by atoms with van der Waals surface area (Å²) < 4.78 is 26.3. The highest BCUT2D eigenvalue weighted by Crippen LogP contribution is 2.89. The molecule has 8 rings (SSSR count). The van der Waals surface area contributed by atoms with Gasteiger partial charge < -0.3 is 34.5 Å². The highest BCUT2D eigenvalue weighted by molar-refractivity contribution is 5.33. The van der Waals surface area contributed by atoms with Crippen LogP contribution < -0.4 is 5.32 Å². The van der Waals surface area contributed by atoms with Crippen molar-refractivity contribution in [3.8, 4) is 0 Å². The van der Waals surface area contributed by atoms with Crippen LogP contribution in [0, 0.1) is 50.7 Å². The molecule has 8 fully saturated rings. The van der Waals surface area contributed by atoms with Crippen molar-refractivity contribution in [2.75, 3.05) is 39.4 Å². The Balaban J connectivity index is 1.03. The summed E-state index contributed by atoms with van der Waals surface area (Å²) in [4.78, 5) is 2.57. The summed E-state index contributed by atoms with van der Waals surface area (Å²) in [6.45, 7) is 23.4. The number of nitrogens with one attached hydrogen (secondary N) is 1. The van der Waals surface area contributed by atoms with E-state index in [4.69, 9.17) is 18.9 Å². The lowest BCUT2D eigenvalue weighted by atomic mass is 9.41. The van der Waals surface area contributed by atoms with E-state index < -0.39 is 17.8 Å². The first kappa shape index (κ1) is 33.8. The predicted octanol–water partition coefficient (Wildman–Crippen LogP) is 4.99. The van der Waals surface area contributed by atoms with Crippen LogP contribution in [-0.2, 0) is 18.9 Å². The molecule has 0 radical (unpaired) electrons. The molecule has 0 bridgehead atoms. The van der Waals surface area contributed by atoms with Gasteiger partial charge in [-0.1, -0.05) is 34.6 Å². The number of morpholine rings is 1. The van der Waals surface area contributed by atoms with Crippen LogP contribution in [0.3, 0.4) is 0 Å². The SMILES string of the molecule is CCO[C@@H](C1C[C@@H](C)[C@H]2C(O1)[C@H](O)[C@@]1(C)C3CC[C@H]4C(C)(C)[C@@H](O[C@H]5CN(C6CNC6)CCO5)CCC45CC35CC[C@]21C)C(C)(C)O. The van der Waals surface area contributed by atoms with Crippen LogP contribution in [0.15, 0.2) is 0 Å². The Morgan fingerprint density at radius 3 is 2.43 bits per heavy atom. The molecule has 5 unspecified atom stereocenters. The number of nitrogens with zero attached hydrogens (tertiary/aromatic N) is 1. The van der Waals surface area contributed by atoms with E-state index >= 15 is 0 Å². The highest BCUT2D eigenvalue weighted by Gasteiger charge is 2.84. The fourth-order valence-corrected chi connectivity index (χ4v) is 14.5. The Kier molecular flexibility index (Phi) is 7.98. The van der Waals surface area contributed by atoms with Gasteiger partial charge in [-0.2, -0.15) is 0 Å². The highest BCUT2D eigenvalue weighted by atomic mass is 16.7. The molecular weight excluding hydrogens is 592 g/mol. The molecule has 5 aliphatic carbocycles. The summed E-state index contributed by atoms with van der Waals surface area (Å²) in [5.41, 5.74) is -0.395. The quantitative estimate of drug-likeness (QED) is 0.353. The second kappa shape index (κ2) is 11.1. The maximum Gasteiger partial charge on any atom is 0.170 e. The minimum atomic E-state index is -1.01. The molecule has 8 heteroatoms. The van der Waals surface area contributed by atoms with Crippen LogP contribution >= 0.6 is 0 Å². The Morgan fingerprint density at radius 1 is 1.02 bits per heavy atom. The summed E-state index contributed by atoms with van der Waals surface area (Å²) in [5.74, 6) is 1.87. The monoisotopic (exact) mass is 658 g/mol. The zero-order valence-corrected chi connectivity index (χ0v) is 30.7. The van der Waals surface area contributed by atoms with E-state index in [1.807, 2.05) is 20.8 Å². The molecule has 3 heterocycles. The molecule has 3 N–H and O–H groups in total. The summed E-state index contributed by atoms with van der Waals surface area (Å²) in [6.07, 6.45) is 8.19. The van der Waals surface area contributed by atoms with Gasteiger partial charge in [-0.3, -0.25) is 4.90 Å². The normalized spacial score (nSPS) is 53.1. The van der Waals surface area contributed by atoms with Crippen LogP contribution in [0.2, 0.25) is 0 Å². The molecule has 0 aromatic carbocycles. The van der Waals surface area contributed by atoms with Gasteiger partial charge in [0.1, 0.15) is 6.10 Å². The second-order valence-corrected chi connectivity index (χ2v) is 19.3. The van der Waals surface area contributed by atoms with Gasteiger partial charge in [0.25, 0.3) is 0 Å². The summed E-state index contributed by atoms with van der Waals surface area (Å²) in [5, 5.41) is 27.1. The van der Waals surface area contributed by atoms with Crippen LogP contribution in [0.5, 0.6) is 0 Å². The minimum Gasteiger partial charge on any atom is -0.390 e. The standard InChI is InChI=1S/C39H66N2O6/c1-9-44-33(35(5,6)43)25-18-23(2)30-31(46-25)32(42)37(8)27-11-10-26-34(3,4)28(47-29-21-41(16-17-45-29)24-19-40-20-24)12-13-38(26)22-39(27,38)15-14-36(30,37)7/h23-33,40,42-43H,9-22H2,1-8H3/t23-,25?,26+,27?,28+,29+,30+,31?,32+,33+,36-,37-,38?,39?/m1/s1. The number of hydrogen-bond donors (Lipinski definition) is 3. The number of rotatable bonds is 7. The van der Waals surface area contributed by atoms with Crippen LogP contribution in [0.4, 0.5) is 0 Å². The van der Waals surface area contributed by atoms with Gasteiger partial charge in [0.15, 0.2) is 6.29 Å². The van der Waals surface area contributed by atoms with Crippen molar-refractivity contribution in [3.05, 3.63) is 0 Å². The lowest BCUT2D eigenvalue weighted by Gasteiger charge is -2.64. The van der Waals surface area contributed by atoms with Crippen molar-refractivity contribution in [1.29, 1.82) is 0 Å². The molecule has 14 atom stereocenters. The third kappa shape index (κ3) is 4.53. The lowest BCUT2D eigenvalue weighted by Crippen LogP contribution is -2.62. The number of ether oxygens (including phenoxy) is 4. The van der Waals surface area contributed by atoms with Gasteiger partial charge in [-0.25, -0.2) is 0 Å². The van der Waals surface area contributed by atoms with E-state index in [2.05, 4.69) is 44.8 Å². The van der Waals surface area contributed by atoms with Gasteiger partial charge in [0, 0.05) is 44.2 Å². The van der Waals surface area contributed by atoms with Crippen LogP contribution in [0.25, 0.3) is 0 Å². The largest absolute Gasteiger partial charge is 0.390 e. The lowest BCUT2D eigenvalue weighted by molar-refractivity contribution is -0.251. The average molecular weight is 659 g/mol. The van der Waals surface area contributed by atoms with E-state index in [1.54, 1.807) is 0 Å². The Bertz CT molecular complexity index is 1200. The zero-order valence-electron chi connectivity index (χ0n) is 30.7. The predicted molar refractivity (Wildman–Crippen MR) is 181 cm³/mol. The van der Waals surface area contributed by atoms with E-state index in [0.29, 0.717) is 47.2 Å². The van der Waals surface area contributed by atoms with Crippen molar-refractivity contribution in [3.63, 3.8) is 0 Å². The van der Waals surface area contributed by atoms with Crippen molar-refractivity contribution in [2.24, 2.45) is 50.7 Å². The summed E-state index contributed by atoms with van der Waals surface area (Å²) in [7, 11) is 0. The van der Waals surface area contributed by atoms with Crippen molar-refractivity contribution in [1.82, 2.24) is 10.2 Å². The number of aliphatic hydroxyl groups excluding tert-OH is 1. The zero-order chi connectivity index (χ0) is 33.4. The second-order valence-electron chi connectivity index (χ2n) is 19.3. The van der Waals surface area contributed by atoms with E-state index in [1.165, 1.54) is 38.5 Å². The average Bonchev–Trinajstić information content (AvgIpc) is 3.61. The maximum atomic E-state index is 12.6. The van der Waals surface area contributed by atoms with Crippen LogP contribution in [0.1, 0.15) is 107 Å². The first-order valence-corrected chi connectivity index (χ1v) is 19.5. The van der Waals surface area contributed by atoms with Crippen molar-refractivity contribution >= 4 is 0 Å². The molecule has 8 nitrogen and oxygen atoms in total. The van der Waals surface area contributed by atoms with Gasteiger partial charge in [-0.05, 0) is 117 Å². The third-order valence-corrected chi connectivity index (χ3v) is 16.8. The topological polar surface area (TPSA) is 92.7 Å². The molecule has 0 aromatic heterocycles. The first-order valence-electron chi connectivity index (χ1n) is 19.5. The maximum absolute atomic E-state index is 12.6. The van der Waals surface area contributed by atoms with Gasteiger partial charge in [0.2, 0.25) is 0 Å². The van der Waals surface area contributed by atoms with Gasteiger partial charge >= 0.3 is 0 Å². The fourth-order valence-electron chi connectivity index (χ4n) is 14.5. The van der Waals surface area contributed by atoms with Gasteiger partial charge in [-0.15, -0.1) is 0 Å². The Labute approximate surface area is 284 Å². The van der Waals surface area contributed by atoms with E-state index in [9.17, 15) is 10.2 Å². The third-order valence-electron chi connectivity index (χ3n) is 16.8. The van der Waals surface area contributed by atoms with Crippen molar-refractivity contribution < 1.29 is 29.2 Å². The first-order chi connectivity index (χ1) is 22.1. The molecule has 8 aliphatic rings. The molecule has 268 valence electrons. The molecule has 3 aliphatic heterocycles. The minimum absolute atomic E-state index is 0.0276. The number of hydrogen-bond acceptors (Lipinski definition) is 8. The fraction of sp³-hybridized carbons (Fsp3) is 1.00.